The lowest BCUT2D eigenvalue weighted by Gasteiger charge is -2.10. The van der Waals surface area contributed by atoms with E-state index in [1.807, 2.05) is 25.1 Å². The highest BCUT2D eigenvalue weighted by Gasteiger charge is 2.11. The summed E-state index contributed by atoms with van der Waals surface area (Å²) in [6.07, 6.45) is 0. The fraction of sp³-hybridized carbons (Fsp3) is 0.385. The molecule has 0 aliphatic carbocycles. The summed E-state index contributed by atoms with van der Waals surface area (Å²) in [7, 11) is 1.69. The molecule has 0 atom stereocenters. The molecule has 0 bridgehead atoms. The van der Waals surface area contributed by atoms with E-state index in [1.165, 1.54) is 11.8 Å². The number of benzene rings is 1. The maximum absolute atomic E-state index is 6.29. The summed E-state index contributed by atoms with van der Waals surface area (Å²) in [5.74, 6) is 0.791. The van der Waals surface area contributed by atoms with Crippen LogP contribution in [0.4, 0.5) is 0 Å². The molecule has 7 heteroatoms. The number of aryl methyl sites for hydroxylation is 1. The topological polar surface area (TPSA) is 62.8 Å². The van der Waals surface area contributed by atoms with Gasteiger partial charge in [-0.3, -0.25) is 5.10 Å². The zero-order valence-corrected chi connectivity index (χ0v) is 13.0. The van der Waals surface area contributed by atoms with Gasteiger partial charge >= 0.3 is 0 Å². The van der Waals surface area contributed by atoms with Crippen LogP contribution in [0.3, 0.4) is 0 Å². The second-order valence-corrected chi connectivity index (χ2v) is 5.59. The summed E-state index contributed by atoms with van der Waals surface area (Å²) in [4.78, 5) is 5.28. The molecule has 2 aromatic rings. The number of aromatic nitrogens is 3. The lowest BCUT2D eigenvalue weighted by molar-refractivity contribution is 0.199. The first-order valence-corrected chi connectivity index (χ1v) is 7.44. The Labute approximate surface area is 127 Å². The minimum atomic E-state index is 0.675. The molecule has 1 aromatic heterocycles. The van der Waals surface area contributed by atoms with Crippen LogP contribution in [0.25, 0.3) is 0 Å². The number of hydrogen-bond acceptors (Lipinski definition) is 5. The molecule has 2 N–H and O–H groups in total. The van der Waals surface area contributed by atoms with Gasteiger partial charge in [-0.15, -0.1) is 5.10 Å². The highest BCUT2D eigenvalue weighted by Crippen LogP contribution is 2.34. The number of ether oxygens (including phenoxy) is 1. The summed E-state index contributed by atoms with van der Waals surface area (Å²) in [6, 6.07) is 5.87. The van der Waals surface area contributed by atoms with E-state index in [2.05, 4.69) is 20.5 Å². The predicted molar refractivity (Wildman–Crippen MR) is 80.3 cm³/mol. The number of hydrogen-bond donors (Lipinski definition) is 2. The molecule has 0 aliphatic heterocycles. The number of methoxy groups -OCH3 is 1. The van der Waals surface area contributed by atoms with Gasteiger partial charge in [0.1, 0.15) is 5.82 Å². The van der Waals surface area contributed by atoms with Crippen molar-refractivity contribution in [3.63, 3.8) is 0 Å². The predicted octanol–water partition coefficient (Wildman–Crippen LogP) is 2.65. The van der Waals surface area contributed by atoms with Crippen molar-refractivity contribution in [2.75, 3.05) is 20.3 Å². The molecule has 0 spiro atoms. The smallest absolute Gasteiger partial charge is 0.213 e. The van der Waals surface area contributed by atoms with Crippen LogP contribution >= 0.6 is 23.4 Å². The molecule has 108 valence electrons. The van der Waals surface area contributed by atoms with Crippen LogP contribution in [0.1, 0.15) is 11.4 Å². The standard InChI is InChI=1S/C13H17ClN4OS/c1-9-16-13(18-17-9)20-12-10(4-3-5-11(12)14)8-15-6-7-19-2/h3-5,15H,6-8H2,1-2H3,(H,16,17,18). The van der Waals surface area contributed by atoms with Gasteiger partial charge in [0.25, 0.3) is 0 Å². The first-order valence-electron chi connectivity index (χ1n) is 6.24. The Morgan fingerprint density at radius 1 is 1.45 bits per heavy atom. The van der Waals surface area contributed by atoms with Crippen LogP contribution < -0.4 is 5.32 Å². The quantitative estimate of drug-likeness (QED) is 0.770. The van der Waals surface area contributed by atoms with Crippen molar-refractivity contribution >= 4 is 23.4 Å². The second-order valence-electron chi connectivity index (χ2n) is 4.20. The summed E-state index contributed by atoms with van der Waals surface area (Å²) < 4.78 is 5.01. The van der Waals surface area contributed by atoms with Gasteiger partial charge in [0.05, 0.1) is 11.6 Å². The minimum Gasteiger partial charge on any atom is -0.383 e. The molecule has 0 saturated carbocycles. The molecule has 0 saturated heterocycles. The normalized spacial score (nSPS) is 10.9. The largest absolute Gasteiger partial charge is 0.383 e. The number of halogens is 1. The zero-order valence-electron chi connectivity index (χ0n) is 11.4. The Balaban J connectivity index is 2.09. The molecule has 1 heterocycles. The van der Waals surface area contributed by atoms with Crippen molar-refractivity contribution in [3.8, 4) is 0 Å². The van der Waals surface area contributed by atoms with Gasteiger partial charge in [0, 0.05) is 25.1 Å². The summed E-state index contributed by atoms with van der Waals surface area (Å²) >= 11 is 7.76. The fourth-order valence-electron chi connectivity index (χ4n) is 1.66. The van der Waals surface area contributed by atoms with Crippen LogP contribution in [0, 0.1) is 6.92 Å². The fourth-order valence-corrected chi connectivity index (χ4v) is 2.87. The second kappa shape index (κ2) is 7.64. The van der Waals surface area contributed by atoms with Gasteiger partial charge in [0.2, 0.25) is 5.16 Å². The molecular weight excluding hydrogens is 296 g/mol. The monoisotopic (exact) mass is 312 g/mol. The van der Waals surface area contributed by atoms with Crippen molar-refractivity contribution in [2.45, 2.75) is 23.5 Å². The van der Waals surface area contributed by atoms with E-state index in [-0.39, 0.29) is 0 Å². The van der Waals surface area contributed by atoms with Gasteiger partial charge in [-0.1, -0.05) is 23.7 Å². The molecule has 0 fully saturated rings. The zero-order chi connectivity index (χ0) is 14.4. The average Bonchev–Trinajstić information content (AvgIpc) is 2.84. The van der Waals surface area contributed by atoms with Crippen molar-refractivity contribution in [1.82, 2.24) is 20.5 Å². The molecule has 5 nitrogen and oxygen atoms in total. The third-order valence-corrected chi connectivity index (χ3v) is 4.10. The molecular formula is C13H17ClN4OS. The maximum atomic E-state index is 6.29. The lowest BCUT2D eigenvalue weighted by Crippen LogP contribution is -2.18. The van der Waals surface area contributed by atoms with Crippen molar-refractivity contribution in [1.29, 1.82) is 0 Å². The Bertz CT molecular complexity index is 561. The molecule has 0 amide bonds. The van der Waals surface area contributed by atoms with Gasteiger partial charge in [-0.25, -0.2) is 4.98 Å². The lowest BCUT2D eigenvalue weighted by atomic mass is 10.2. The molecule has 0 aliphatic rings. The van der Waals surface area contributed by atoms with Crippen LogP contribution in [-0.2, 0) is 11.3 Å². The Morgan fingerprint density at radius 2 is 2.30 bits per heavy atom. The van der Waals surface area contributed by atoms with Gasteiger partial charge in [-0.2, -0.15) is 0 Å². The number of aromatic amines is 1. The molecule has 0 unspecified atom stereocenters. The molecule has 2 rings (SSSR count). The number of rotatable bonds is 7. The van der Waals surface area contributed by atoms with E-state index in [4.69, 9.17) is 16.3 Å². The van der Waals surface area contributed by atoms with Crippen LogP contribution in [0.15, 0.2) is 28.3 Å². The third-order valence-electron chi connectivity index (χ3n) is 2.62. The van der Waals surface area contributed by atoms with E-state index < -0.39 is 0 Å². The van der Waals surface area contributed by atoms with E-state index >= 15 is 0 Å². The van der Waals surface area contributed by atoms with Crippen LogP contribution in [0.2, 0.25) is 5.02 Å². The number of nitrogens with one attached hydrogen (secondary N) is 2. The Morgan fingerprint density at radius 3 is 3.00 bits per heavy atom. The highest BCUT2D eigenvalue weighted by molar-refractivity contribution is 7.99. The van der Waals surface area contributed by atoms with E-state index in [0.29, 0.717) is 16.8 Å². The van der Waals surface area contributed by atoms with Gasteiger partial charge in [-0.05, 0) is 30.3 Å². The molecule has 1 aromatic carbocycles. The third kappa shape index (κ3) is 4.21. The van der Waals surface area contributed by atoms with E-state index in [1.54, 1.807) is 7.11 Å². The summed E-state index contributed by atoms with van der Waals surface area (Å²) in [6.45, 7) is 4.09. The van der Waals surface area contributed by atoms with Gasteiger partial charge in [0.15, 0.2) is 0 Å². The number of nitrogens with zero attached hydrogens (tertiary/aromatic N) is 2. The SMILES string of the molecule is COCCNCc1cccc(Cl)c1Sc1n[nH]c(C)n1. The van der Waals surface area contributed by atoms with Crippen molar-refractivity contribution in [3.05, 3.63) is 34.6 Å². The first-order chi connectivity index (χ1) is 9.70. The molecule has 0 radical (unpaired) electrons. The van der Waals surface area contributed by atoms with Crippen LogP contribution in [0.5, 0.6) is 0 Å². The Hall–Kier alpha value is -1.08. The average molecular weight is 313 g/mol. The summed E-state index contributed by atoms with van der Waals surface area (Å²) in [5.41, 5.74) is 1.13. The first kappa shape index (κ1) is 15.3. The maximum Gasteiger partial charge on any atom is 0.213 e. The Kier molecular flexibility index (Phi) is 5.85. The van der Waals surface area contributed by atoms with Gasteiger partial charge < -0.3 is 10.1 Å². The van der Waals surface area contributed by atoms with Crippen LogP contribution in [-0.4, -0.2) is 35.4 Å². The molecule has 20 heavy (non-hydrogen) atoms. The summed E-state index contributed by atoms with van der Waals surface area (Å²) in [5, 5.41) is 11.7. The minimum absolute atomic E-state index is 0.675. The van der Waals surface area contributed by atoms with E-state index in [9.17, 15) is 0 Å². The van der Waals surface area contributed by atoms with E-state index in [0.717, 1.165) is 29.4 Å². The number of H-pyrrole nitrogens is 1. The van der Waals surface area contributed by atoms with Crippen molar-refractivity contribution in [2.24, 2.45) is 0 Å². The van der Waals surface area contributed by atoms with Crippen molar-refractivity contribution < 1.29 is 4.74 Å². The highest BCUT2D eigenvalue weighted by atomic mass is 35.5.